The molecule has 1 saturated heterocycles. The molecule has 5 nitrogen and oxygen atoms in total. The van der Waals surface area contributed by atoms with Crippen LogP contribution in [0.25, 0.3) is 10.9 Å². The lowest BCUT2D eigenvalue weighted by Gasteiger charge is -2.20. The van der Waals surface area contributed by atoms with E-state index in [1.54, 1.807) is 11.8 Å². The quantitative estimate of drug-likeness (QED) is 0.891. The number of carboxylic acid groups (broad SMARTS) is 1. The monoisotopic (exact) mass is 314 g/mol. The Morgan fingerprint density at radius 1 is 1.35 bits per heavy atom. The van der Waals surface area contributed by atoms with Crippen LogP contribution in [0.3, 0.4) is 0 Å². The van der Waals surface area contributed by atoms with Crippen molar-refractivity contribution in [3.8, 4) is 0 Å². The third-order valence-corrected chi connectivity index (χ3v) is 4.85. The lowest BCUT2D eigenvalue weighted by molar-refractivity contribution is -0.147. The third-order valence-electron chi connectivity index (χ3n) is 4.85. The van der Waals surface area contributed by atoms with E-state index in [4.69, 9.17) is 0 Å². The Labute approximate surface area is 135 Å². The number of para-hydroxylation sites is 1. The van der Waals surface area contributed by atoms with E-state index in [0.29, 0.717) is 25.9 Å². The number of fused-ring (bicyclic) bond motifs is 1. The van der Waals surface area contributed by atoms with Crippen molar-refractivity contribution in [2.24, 2.45) is 5.41 Å². The van der Waals surface area contributed by atoms with E-state index in [0.717, 1.165) is 18.4 Å². The molecular weight excluding hydrogens is 292 g/mol. The predicted molar refractivity (Wildman–Crippen MR) is 88.2 cm³/mol. The second-order valence-electron chi connectivity index (χ2n) is 6.64. The maximum absolute atomic E-state index is 12.3. The van der Waals surface area contributed by atoms with Gasteiger partial charge in [-0.3, -0.25) is 9.59 Å². The molecule has 1 aliphatic heterocycles. The van der Waals surface area contributed by atoms with Crippen molar-refractivity contribution in [2.75, 3.05) is 13.1 Å². The Hall–Kier alpha value is -2.30. The first-order valence-corrected chi connectivity index (χ1v) is 8.06. The van der Waals surface area contributed by atoms with Crippen molar-refractivity contribution in [3.63, 3.8) is 0 Å². The number of carbonyl (C=O) groups excluding carboxylic acids is 1. The topological polar surface area (TPSA) is 73.4 Å². The molecule has 0 spiro atoms. The lowest BCUT2D eigenvalue weighted by atomic mass is 9.90. The van der Waals surface area contributed by atoms with Crippen molar-refractivity contribution < 1.29 is 14.7 Å². The highest BCUT2D eigenvalue weighted by molar-refractivity contribution is 5.83. The fourth-order valence-electron chi connectivity index (χ4n) is 3.28. The lowest BCUT2D eigenvalue weighted by Crippen LogP contribution is -2.34. The second kappa shape index (κ2) is 6.07. The Morgan fingerprint density at radius 2 is 2.13 bits per heavy atom. The molecule has 1 fully saturated rings. The molecule has 5 heteroatoms. The largest absolute Gasteiger partial charge is 0.481 e. The smallest absolute Gasteiger partial charge is 0.311 e. The van der Waals surface area contributed by atoms with Gasteiger partial charge >= 0.3 is 5.97 Å². The van der Waals surface area contributed by atoms with E-state index < -0.39 is 11.4 Å². The molecule has 23 heavy (non-hydrogen) atoms. The average molecular weight is 314 g/mol. The zero-order chi connectivity index (χ0) is 16.4. The average Bonchev–Trinajstić information content (AvgIpc) is 3.13. The summed E-state index contributed by atoms with van der Waals surface area (Å²) in [5, 5.41) is 10.4. The van der Waals surface area contributed by atoms with Gasteiger partial charge in [0.15, 0.2) is 0 Å². The predicted octanol–water partition coefficient (Wildman–Crippen LogP) is 2.81. The summed E-state index contributed by atoms with van der Waals surface area (Å²) in [4.78, 5) is 28.5. The molecule has 1 atom stereocenters. The fraction of sp³-hybridized carbons (Fsp3) is 0.444. The summed E-state index contributed by atoms with van der Waals surface area (Å²) in [5.41, 5.74) is 1.56. The number of aliphatic carboxylic acids is 1. The van der Waals surface area contributed by atoms with Crippen LogP contribution in [0.15, 0.2) is 30.5 Å². The number of aromatic nitrogens is 1. The summed E-state index contributed by atoms with van der Waals surface area (Å²) >= 11 is 0. The minimum Gasteiger partial charge on any atom is -0.481 e. The number of nitrogens with zero attached hydrogens (tertiary/aromatic N) is 1. The standard InChI is InChI=1S/C18H22N2O3/c1-18(17(22)23)9-10-20(12-18)16(21)8-4-5-13-11-19-15-7-3-2-6-14(13)15/h2-3,6-7,11,19H,4-5,8-10,12H2,1H3,(H,22,23)/t18-/m0/s1. The van der Waals surface area contributed by atoms with E-state index in [1.807, 2.05) is 24.4 Å². The van der Waals surface area contributed by atoms with Crippen molar-refractivity contribution in [3.05, 3.63) is 36.0 Å². The first-order chi connectivity index (χ1) is 11.0. The summed E-state index contributed by atoms with van der Waals surface area (Å²) < 4.78 is 0. The maximum Gasteiger partial charge on any atom is 0.311 e. The number of hydrogen-bond donors (Lipinski definition) is 2. The highest BCUT2D eigenvalue weighted by Crippen LogP contribution is 2.30. The Bertz CT molecular complexity index is 737. The van der Waals surface area contributed by atoms with E-state index in [9.17, 15) is 14.7 Å². The SMILES string of the molecule is C[C@]1(C(=O)O)CCN(C(=O)CCCc2c[nH]c3ccccc23)C1. The highest BCUT2D eigenvalue weighted by Gasteiger charge is 2.41. The Kier molecular flexibility index (Phi) is 4.11. The first kappa shape index (κ1) is 15.6. The highest BCUT2D eigenvalue weighted by atomic mass is 16.4. The number of carboxylic acids is 1. The van der Waals surface area contributed by atoms with Crippen molar-refractivity contribution in [2.45, 2.75) is 32.6 Å². The molecule has 0 radical (unpaired) electrons. The maximum atomic E-state index is 12.3. The summed E-state index contributed by atoms with van der Waals surface area (Å²) in [5.74, 6) is -0.749. The van der Waals surface area contributed by atoms with Crippen LogP contribution >= 0.6 is 0 Å². The summed E-state index contributed by atoms with van der Waals surface area (Å²) in [6.07, 6.45) is 4.64. The van der Waals surface area contributed by atoms with Gasteiger partial charge in [-0.25, -0.2) is 0 Å². The number of H-pyrrole nitrogens is 1. The van der Waals surface area contributed by atoms with Crippen LogP contribution in [0, 0.1) is 5.41 Å². The van der Waals surface area contributed by atoms with Crippen LogP contribution in [0.5, 0.6) is 0 Å². The molecule has 3 rings (SSSR count). The number of nitrogens with one attached hydrogen (secondary N) is 1. The van der Waals surface area contributed by atoms with Crippen LogP contribution < -0.4 is 0 Å². The Balaban J connectivity index is 1.53. The normalized spacial score (nSPS) is 21.0. The van der Waals surface area contributed by atoms with Gasteiger partial charge in [-0.1, -0.05) is 18.2 Å². The number of benzene rings is 1. The first-order valence-electron chi connectivity index (χ1n) is 8.06. The molecule has 1 amide bonds. The van der Waals surface area contributed by atoms with Crippen molar-refractivity contribution >= 4 is 22.8 Å². The number of amides is 1. The van der Waals surface area contributed by atoms with Gasteiger partial charge in [-0.05, 0) is 37.8 Å². The van der Waals surface area contributed by atoms with Crippen molar-refractivity contribution in [1.29, 1.82) is 0 Å². The van der Waals surface area contributed by atoms with Gasteiger partial charge in [-0.2, -0.15) is 0 Å². The zero-order valence-corrected chi connectivity index (χ0v) is 13.3. The van der Waals surface area contributed by atoms with Gasteiger partial charge in [0.25, 0.3) is 0 Å². The number of hydrogen-bond acceptors (Lipinski definition) is 2. The van der Waals surface area contributed by atoms with Crippen LogP contribution in [-0.4, -0.2) is 40.0 Å². The third kappa shape index (κ3) is 3.09. The van der Waals surface area contributed by atoms with E-state index in [-0.39, 0.29) is 5.91 Å². The molecular formula is C18H22N2O3. The minimum absolute atomic E-state index is 0.0646. The van der Waals surface area contributed by atoms with Gasteiger partial charge in [0, 0.05) is 36.6 Å². The molecule has 0 bridgehead atoms. The van der Waals surface area contributed by atoms with Crippen LogP contribution in [0.1, 0.15) is 31.7 Å². The van der Waals surface area contributed by atoms with Gasteiger partial charge in [0.05, 0.1) is 5.41 Å². The fourth-order valence-corrected chi connectivity index (χ4v) is 3.28. The number of carbonyl (C=O) groups is 2. The number of aromatic amines is 1. The van der Waals surface area contributed by atoms with E-state index in [2.05, 4.69) is 11.1 Å². The van der Waals surface area contributed by atoms with E-state index >= 15 is 0 Å². The molecule has 2 heterocycles. The van der Waals surface area contributed by atoms with Gasteiger partial charge in [0.2, 0.25) is 5.91 Å². The second-order valence-corrected chi connectivity index (χ2v) is 6.64. The van der Waals surface area contributed by atoms with Crippen molar-refractivity contribution in [1.82, 2.24) is 9.88 Å². The minimum atomic E-state index is -0.813. The molecule has 122 valence electrons. The number of rotatable bonds is 5. The van der Waals surface area contributed by atoms with Gasteiger partial charge in [0.1, 0.15) is 0 Å². The van der Waals surface area contributed by atoms with Gasteiger partial charge < -0.3 is 15.0 Å². The Morgan fingerprint density at radius 3 is 2.87 bits per heavy atom. The molecule has 1 aromatic heterocycles. The van der Waals surface area contributed by atoms with Crippen LogP contribution in [0.2, 0.25) is 0 Å². The molecule has 0 saturated carbocycles. The van der Waals surface area contributed by atoms with Crippen LogP contribution in [0.4, 0.5) is 0 Å². The molecule has 2 aromatic rings. The zero-order valence-electron chi connectivity index (χ0n) is 13.3. The molecule has 1 aromatic carbocycles. The number of likely N-dealkylation sites (tertiary alicyclic amines) is 1. The summed E-state index contributed by atoms with van der Waals surface area (Å²) in [6, 6.07) is 8.14. The summed E-state index contributed by atoms with van der Waals surface area (Å²) in [7, 11) is 0. The number of aryl methyl sites for hydroxylation is 1. The molecule has 0 aliphatic carbocycles. The molecule has 2 N–H and O–H groups in total. The van der Waals surface area contributed by atoms with Gasteiger partial charge in [-0.15, -0.1) is 0 Å². The summed E-state index contributed by atoms with van der Waals surface area (Å²) in [6.45, 7) is 2.59. The van der Waals surface area contributed by atoms with Crippen LogP contribution in [-0.2, 0) is 16.0 Å². The molecule has 0 unspecified atom stereocenters. The molecule has 1 aliphatic rings. The van der Waals surface area contributed by atoms with E-state index in [1.165, 1.54) is 10.9 Å².